The van der Waals surface area contributed by atoms with Crippen LogP contribution in [0.4, 0.5) is 17.8 Å². The van der Waals surface area contributed by atoms with Crippen LogP contribution < -0.4 is 20.7 Å². The molecule has 324 valence electrons. The molecule has 2 aliphatic rings. The average Bonchev–Trinajstić information content (AvgIpc) is 3.24. The number of aromatic hydroxyl groups is 1. The highest BCUT2D eigenvalue weighted by atomic mass is 32.2. The van der Waals surface area contributed by atoms with Gasteiger partial charge in [0.1, 0.15) is 27.9 Å². The lowest BCUT2D eigenvalue weighted by molar-refractivity contribution is -0.0225. The van der Waals surface area contributed by atoms with E-state index in [9.17, 15) is 34.5 Å². The summed E-state index contributed by atoms with van der Waals surface area (Å²) < 4.78 is 59.4. The maximum Gasteiger partial charge on any atom is 0.328 e. The van der Waals surface area contributed by atoms with E-state index in [1.807, 2.05) is 27.7 Å². The fourth-order valence-electron chi connectivity index (χ4n) is 5.59. The third kappa shape index (κ3) is 12.6. The van der Waals surface area contributed by atoms with Crippen molar-refractivity contribution in [1.82, 2.24) is 15.0 Å². The van der Waals surface area contributed by atoms with Crippen molar-refractivity contribution in [2.24, 2.45) is 0 Å². The Balaban J connectivity index is 0.000000326. The van der Waals surface area contributed by atoms with Crippen molar-refractivity contribution in [3.05, 3.63) is 112 Å². The van der Waals surface area contributed by atoms with Gasteiger partial charge in [-0.2, -0.15) is 32.9 Å². The maximum atomic E-state index is 12.3. The van der Waals surface area contributed by atoms with Crippen LogP contribution in [0.15, 0.2) is 94.6 Å². The van der Waals surface area contributed by atoms with Crippen molar-refractivity contribution < 1.29 is 61.2 Å². The summed E-state index contributed by atoms with van der Waals surface area (Å²) in [6.07, 6.45) is 5.27. The van der Waals surface area contributed by atoms with Gasteiger partial charge in [-0.15, -0.1) is 0 Å². The van der Waals surface area contributed by atoms with Gasteiger partial charge < -0.3 is 60.9 Å². The maximum absolute atomic E-state index is 12.3. The summed E-state index contributed by atoms with van der Waals surface area (Å²) in [6, 6.07) is 9.90. The van der Waals surface area contributed by atoms with Crippen LogP contribution in [-0.4, -0.2) is 124 Å². The Labute approximate surface area is 351 Å². The second kappa shape index (κ2) is 22.6. The van der Waals surface area contributed by atoms with E-state index in [1.54, 1.807) is 42.5 Å². The predicted octanol–water partition coefficient (Wildman–Crippen LogP) is 3.77. The topological polar surface area (TPSA) is 306 Å². The van der Waals surface area contributed by atoms with Gasteiger partial charge in [-0.1, -0.05) is 30.3 Å². The monoisotopic (exact) mass is 862 g/mol. The number of carbonyl (C=O) groups is 1. The van der Waals surface area contributed by atoms with E-state index in [-0.39, 0.29) is 59.3 Å². The number of aliphatic hydroxyl groups excluding tert-OH is 1. The zero-order valence-electron chi connectivity index (χ0n) is 33.9. The van der Waals surface area contributed by atoms with Gasteiger partial charge in [0.25, 0.3) is 10.1 Å². The standard InChI is InChI=1S/C25H34N10O5.C14H12O6S/c1-5-37-19-13-17(34-26)21(39-7-3)11-15(19)29-24-31-23(28-9-10-36)32-25(33-24)30-16-12-22(40-8-4)18(35-27)14-20(16)38-6-2;1-20-12-8-11(15)10(7-13(12)21(17,18)19)14(16)9-5-3-2-4-6-9/h11-14,21-22,36H,5-10H2,1-4H3,(H3,28,29,30,31,32,33);2-8,15H,1H3,(H,17,18,19). The van der Waals surface area contributed by atoms with Gasteiger partial charge in [-0.25, -0.2) is 0 Å². The Kier molecular flexibility index (Phi) is 17.3. The van der Waals surface area contributed by atoms with E-state index in [1.165, 1.54) is 19.2 Å². The van der Waals surface area contributed by atoms with Crippen LogP contribution in [0.5, 0.6) is 11.5 Å². The molecule has 0 radical (unpaired) electrons. The lowest BCUT2D eigenvalue weighted by Gasteiger charge is -2.21. The van der Waals surface area contributed by atoms with Gasteiger partial charge in [-0.3, -0.25) is 9.35 Å². The molecule has 6 N–H and O–H groups in total. The fraction of sp³-hybridized carbons (Fsp3) is 0.333. The van der Waals surface area contributed by atoms with Crippen molar-refractivity contribution >= 4 is 45.2 Å². The van der Waals surface area contributed by atoms with Crippen LogP contribution in [0.25, 0.3) is 11.1 Å². The molecule has 0 saturated carbocycles. The number of ether oxygens (including phenoxy) is 5. The highest BCUT2D eigenvalue weighted by molar-refractivity contribution is 7.86. The predicted molar refractivity (Wildman–Crippen MR) is 221 cm³/mol. The van der Waals surface area contributed by atoms with Crippen LogP contribution in [0.2, 0.25) is 0 Å². The number of aromatic nitrogens is 3. The van der Waals surface area contributed by atoms with Gasteiger partial charge in [0.15, 0.2) is 18.0 Å². The van der Waals surface area contributed by atoms with Crippen LogP contribution in [0, 0.1) is 0 Å². The van der Waals surface area contributed by atoms with E-state index in [4.69, 9.17) is 28.2 Å². The van der Waals surface area contributed by atoms with Gasteiger partial charge in [0.2, 0.25) is 17.8 Å². The third-order valence-electron chi connectivity index (χ3n) is 8.19. The van der Waals surface area contributed by atoms with E-state index >= 15 is 0 Å². The fourth-order valence-corrected chi connectivity index (χ4v) is 6.26. The molecule has 2 aliphatic carbocycles. The van der Waals surface area contributed by atoms with Gasteiger partial charge >= 0.3 is 11.4 Å². The van der Waals surface area contributed by atoms with Gasteiger partial charge in [-0.05, 0) is 45.9 Å². The van der Waals surface area contributed by atoms with Crippen molar-refractivity contribution in [2.45, 2.75) is 44.8 Å². The molecular weight excluding hydrogens is 817 g/mol. The molecule has 2 aromatic carbocycles. The van der Waals surface area contributed by atoms with Crippen molar-refractivity contribution in [3.63, 3.8) is 0 Å². The summed E-state index contributed by atoms with van der Waals surface area (Å²) in [5.41, 5.74) is 20.5. The van der Waals surface area contributed by atoms with Crippen LogP contribution in [0.1, 0.15) is 43.6 Å². The Morgan fingerprint density at radius 1 is 0.803 bits per heavy atom. The molecule has 22 heteroatoms. The van der Waals surface area contributed by atoms with E-state index in [0.717, 1.165) is 12.1 Å². The summed E-state index contributed by atoms with van der Waals surface area (Å²) >= 11 is 0. The minimum Gasteiger partial charge on any atom is -0.507 e. The number of ketones is 1. The van der Waals surface area contributed by atoms with Gasteiger partial charge in [0, 0.05) is 31.4 Å². The first kappa shape index (κ1) is 46.9. The summed E-state index contributed by atoms with van der Waals surface area (Å²) in [4.78, 5) is 31.6. The Morgan fingerprint density at radius 3 is 1.74 bits per heavy atom. The Morgan fingerprint density at radius 2 is 1.31 bits per heavy atom. The molecule has 0 aliphatic heterocycles. The SMILES string of the molecule is CCOC1=CC(=[N+]=[N-])C(OCC)C=C1Nc1nc(NCCO)nc(NC2=CC(OCC)C(=[N+]=[N-])C=C2OCC)n1.COc1cc(O)c(C(=O)c2ccccc2)cc1S(=O)(=O)O. The molecule has 1 aromatic heterocycles. The molecule has 0 saturated heterocycles. The molecule has 0 bridgehead atoms. The first-order valence-corrected chi connectivity index (χ1v) is 20.2. The minimum absolute atomic E-state index is 0.138. The lowest BCUT2D eigenvalue weighted by atomic mass is 10.0. The largest absolute Gasteiger partial charge is 0.507 e. The summed E-state index contributed by atoms with van der Waals surface area (Å²) in [5.74, 6) is 0.0199. The zero-order valence-corrected chi connectivity index (χ0v) is 34.7. The third-order valence-corrected chi connectivity index (χ3v) is 9.07. The molecule has 2 atom stereocenters. The Bertz CT molecular complexity index is 2300. The van der Waals surface area contributed by atoms with Crippen molar-refractivity contribution in [1.29, 1.82) is 0 Å². The normalized spacial score (nSPS) is 15.9. The molecule has 21 nitrogen and oxygen atoms in total. The number of nitrogens with one attached hydrogen (secondary N) is 3. The second-order valence-electron chi connectivity index (χ2n) is 12.2. The molecule has 0 fully saturated rings. The van der Waals surface area contributed by atoms with Crippen LogP contribution in [0.3, 0.4) is 0 Å². The zero-order chi connectivity index (χ0) is 44.5. The number of carbonyl (C=O) groups excluding carboxylic acids is 1. The molecular formula is C39H46N10O11S. The van der Waals surface area contributed by atoms with Crippen LogP contribution in [-0.2, 0) is 29.1 Å². The number of hydrogen-bond acceptors (Lipinski definition) is 16. The molecule has 0 spiro atoms. The van der Waals surface area contributed by atoms with Gasteiger partial charge in [0.05, 0.1) is 56.0 Å². The number of phenols is 1. The number of methoxy groups -OCH3 is 1. The van der Waals surface area contributed by atoms with Crippen LogP contribution >= 0.6 is 0 Å². The number of anilines is 3. The number of hydrogen-bond donors (Lipinski definition) is 6. The molecule has 61 heavy (non-hydrogen) atoms. The highest BCUT2D eigenvalue weighted by Crippen LogP contribution is 2.33. The molecule has 2 unspecified atom stereocenters. The number of benzene rings is 2. The minimum atomic E-state index is -4.59. The summed E-state index contributed by atoms with van der Waals surface area (Å²) in [5, 5.41) is 28.4. The molecule has 5 rings (SSSR count). The second-order valence-corrected chi connectivity index (χ2v) is 13.6. The number of rotatable bonds is 19. The first-order chi connectivity index (χ1) is 29.3. The number of phenolic OH excluding ortho intramolecular Hbond substituents is 1. The first-order valence-electron chi connectivity index (χ1n) is 18.8. The quantitative estimate of drug-likeness (QED) is 0.0432. The smallest absolute Gasteiger partial charge is 0.328 e. The molecule has 3 aromatic rings. The number of aliphatic hydroxyl groups is 1. The van der Waals surface area contributed by atoms with E-state index in [2.05, 4.69) is 40.5 Å². The summed E-state index contributed by atoms with van der Waals surface area (Å²) in [6.45, 7) is 8.87. The van der Waals surface area contributed by atoms with Crippen molar-refractivity contribution in [2.75, 3.05) is 62.6 Å². The average molecular weight is 863 g/mol. The molecule has 1 heterocycles. The van der Waals surface area contributed by atoms with E-state index < -0.39 is 38.8 Å². The number of nitrogens with zero attached hydrogens (tertiary/aromatic N) is 7. The van der Waals surface area contributed by atoms with Crippen molar-refractivity contribution in [3.8, 4) is 11.5 Å². The van der Waals surface area contributed by atoms with E-state index in [0.29, 0.717) is 49.3 Å². The Hall–Kier alpha value is -6.77. The lowest BCUT2D eigenvalue weighted by Crippen LogP contribution is -2.29. The highest BCUT2D eigenvalue weighted by Gasteiger charge is 2.31. The summed E-state index contributed by atoms with van der Waals surface area (Å²) in [7, 11) is -3.41. The molecule has 0 amide bonds.